The standard InChI is InChI=1S/C15H26N2O3S/c1-5-15(6-2,11-16)17-21(18,19)13-8-9-14(20-7-3)12(4)10-13/h8-10,17H,5-7,11,16H2,1-4H3. The van der Waals surface area contributed by atoms with Crippen LogP contribution >= 0.6 is 0 Å². The predicted molar refractivity (Wildman–Crippen MR) is 85.0 cm³/mol. The lowest BCUT2D eigenvalue weighted by atomic mass is 9.95. The number of hydrogen-bond donors (Lipinski definition) is 2. The van der Waals surface area contributed by atoms with Gasteiger partial charge >= 0.3 is 0 Å². The normalized spacial score (nSPS) is 12.4. The molecule has 21 heavy (non-hydrogen) atoms. The van der Waals surface area contributed by atoms with Crippen molar-refractivity contribution in [3.63, 3.8) is 0 Å². The lowest BCUT2D eigenvalue weighted by molar-refractivity contribution is 0.337. The minimum absolute atomic E-state index is 0.239. The van der Waals surface area contributed by atoms with Crippen molar-refractivity contribution in [2.45, 2.75) is 51.0 Å². The van der Waals surface area contributed by atoms with E-state index in [-0.39, 0.29) is 11.4 Å². The Labute approximate surface area is 127 Å². The monoisotopic (exact) mass is 314 g/mol. The SMILES string of the molecule is CCOc1ccc(S(=O)(=O)NC(CC)(CC)CN)cc1C. The van der Waals surface area contributed by atoms with Crippen molar-refractivity contribution in [1.82, 2.24) is 4.72 Å². The van der Waals surface area contributed by atoms with E-state index in [2.05, 4.69) is 4.72 Å². The highest BCUT2D eigenvalue weighted by atomic mass is 32.2. The molecule has 0 aromatic heterocycles. The molecule has 0 atom stereocenters. The highest BCUT2D eigenvalue weighted by molar-refractivity contribution is 7.89. The molecule has 0 fully saturated rings. The molecule has 0 saturated carbocycles. The third-order valence-corrected chi connectivity index (χ3v) is 5.43. The maximum atomic E-state index is 12.5. The maximum Gasteiger partial charge on any atom is 0.241 e. The zero-order valence-corrected chi connectivity index (χ0v) is 14.1. The zero-order chi connectivity index (χ0) is 16.1. The van der Waals surface area contributed by atoms with E-state index < -0.39 is 15.6 Å². The summed E-state index contributed by atoms with van der Waals surface area (Å²) in [5.41, 5.74) is 5.97. The number of nitrogens with one attached hydrogen (secondary N) is 1. The van der Waals surface area contributed by atoms with Crippen LogP contribution in [0.15, 0.2) is 23.1 Å². The number of rotatable bonds is 8. The van der Waals surface area contributed by atoms with Gasteiger partial charge in [-0.2, -0.15) is 0 Å². The largest absolute Gasteiger partial charge is 0.494 e. The molecule has 0 amide bonds. The van der Waals surface area contributed by atoms with Gasteiger partial charge in [0.1, 0.15) is 5.75 Å². The fourth-order valence-corrected chi connectivity index (χ4v) is 3.81. The average Bonchev–Trinajstić information content (AvgIpc) is 2.47. The zero-order valence-electron chi connectivity index (χ0n) is 13.3. The minimum Gasteiger partial charge on any atom is -0.494 e. The fraction of sp³-hybridized carbons (Fsp3) is 0.600. The van der Waals surface area contributed by atoms with Gasteiger partial charge in [-0.3, -0.25) is 0 Å². The Morgan fingerprint density at radius 2 is 1.86 bits per heavy atom. The third-order valence-electron chi connectivity index (χ3n) is 3.85. The summed E-state index contributed by atoms with van der Waals surface area (Å²) in [5, 5.41) is 0. The Balaban J connectivity index is 3.11. The Hall–Kier alpha value is -1.11. The second-order valence-electron chi connectivity index (χ2n) is 5.16. The van der Waals surface area contributed by atoms with Crippen molar-refractivity contribution < 1.29 is 13.2 Å². The Kier molecular flexibility index (Phi) is 6.19. The molecule has 5 nitrogen and oxygen atoms in total. The smallest absolute Gasteiger partial charge is 0.241 e. The molecule has 0 aliphatic heterocycles. The molecule has 6 heteroatoms. The van der Waals surface area contributed by atoms with Gasteiger partial charge in [0, 0.05) is 12.1 Å². The number of benzene rings is 1. The van der Waals surface area contributed by atoms with E-state index in [1.54, 1.807) is 18.2 Å². The van der Waals surface area contributed by atoms with Crippen LogP contribution in [0.4, 0.5) is 0 Å². The molecule has 3 N–H and O–H groups in total. The van der Waals surface area contributed by atoms with Crippen LogP contribution in [0, 0.1) is 6.92 Å². The van der Waals surface area contributed by atoms with Crippen molar-refractivity contribution in [1.29, 1.82) is 0 Å². The van der Waals surface area contributed by atoms with Gasteiger partial charge in [0.2, 0.25) is 10.0 Å². The van der Waals surface area contributed by atoms with E-state index in [4.69, 9.17) is 10.5 Å². The van der Waals surface area contributed by atoms with Crippen LogP contribution in [-0.2, 0) is 10.0 Å². The van der Waals surface area contributed by atoms with Gasteiger partial charge in [-0.25, -0.2) is 13.1 Å². The Morgan fingerprint density at radius 3 is 2.29 bits per heavy atom. The van der Waals surface area contributed by atoms with Gasteiger partial charge in [-0.15, -0.1) is 0 Å². The lowest BCUT2D eigenvalue weighted by Gasteiger charge is -2.31. The first-order valence-corrected chi connectivity index (χ1v) is 8.80. The third kappa shape index (κ3) is 4.18. The minimum atomic E-state index is -3.59. The molecule has 0 bridgehead atoms. The number of hydrogen-bond acceptors (Lipinski definition) is 4. The molecule has 0 unspecified atom stereocenters. The summed E-state index contributed by atoms with van der Waals surface area (Å²) in [7, 11) is -3.59. The number of sulfonamides is 1. The van der Waals surface area contributed by atoms with Crippen molar-refractivity contribution in [2.75, 3.05) is 13.2 Å². The quantitative estimate of drug-likeness (QED) is 0.770. The van der Waals surface area contributed by atoms with Crippen molar-refractivity contribution >= 4 is 10.0 Å². The molecule has 1 aromatic carbocycles. The van der Waals surface area contributed by atoms with Crippen LogP contribution in [0.5, 0.6) is 5.75 Å². The van der Waals surface area contributed by atoms with Gasteiger partial charge in [0.05, 0.1) is 11.5 Å². The molecule has 0 aliphatic carbocycles. The number of nitrogens with two attached hydrogens (primary N) is 1. The number of aryl methyl sites for hydroxylation is 1. The topological polar surface area (TPSA) is 81.4 Å². The van der Waals surface area contributed by atoms with E-state index in [1.165, 1.54) is 0 Å². The highest BCUT2D eigenvalue weighted by Gasteiger charge is 2.30. The maximum absolute atomic E-state index is 12.5. The van der Waals surface area contributed by atoms with E-state index in [0.717, 1.165) is 5.56 Å². The van der Waals surface area contributed by atoms with E-state index in [0.29, 0.717) is 25.2 Å². The second-order valence-corrected chi connectivity index (χ2v) is 6.84. The van der Waals surface area contributed by atoms with Gasteiger partial charge in [-0.1, -0.05) is 13.8 Å². The van der Waals surface area contributed by atoms with Crippen molar-refractivity contribution in [3.8, 4) is 5.75 Å². The summed E-state index contributed by atoms with van der Waals surface area (Å²) in [4.78, 5) is 0.239. The van der Waals surface area contributed by atoms with Crippen LogP contribution in [0.25, 0.3) is 0 Å². The molecule has 1 aromatic rings. The second kappa shape index (κ2) is 7.24. The summed E-state index contributed by atoms with van der Waals surface area (Å²) in [5.74, 6) is 0.701. The first-order chi connectivity index (χ1) is 9.84. The summed E-state index contributed by atoms with van der Waals surface area (Å²) < 4.78 is 33.3. The van der Waals surface area contributed by atoms with Crippen LogP contribution in [-0.4, -0.2) is 27.1 Å². The van der Waals surface area contributed by atoms with Gasteiger partial charge in [0.25, 0.3) is 0 Å². The molecule has 0 saturated heterocycles. The molecule has 0 radical (unpaired) electrons. The van der Waals surface area contributed by atoms with Crippen LogP contribution in [0.1, 0.15) is 39.2 Å². The first kappa shape index (κ1) is 17.9. The Morgan fingerprint density at radius 1 is 1.24 bits per heavy atom. The van der Waals surface area contributed by atoms with E-state index >= 15 is 0 Å². The first-order valence-electron chi connectivity index (χ1n) is 7.31. The summed E-state index contributed by atoms with van der Waals surface area (Å²) in [6.45, 7) is 8.41. The molecule has 1 rings (SSSR count). The average molecular weight is 314 g/mol. The van der Waals surface area contributed by atoms with Crippen LogP contribution in [0.3, 0.4) is 0 Å². The molecule has 120 valence electrons. The molecule has 0 aliphatic rings. The fourth-order valence-electron chi connectivity index (χ4n) is 2.18. The van der Waals surface area contributed by atoms with E-state index in [1.807, 2.05) is 27.7 Å². The molecule has 0 spiro atoms. The molecular formula is C15H26N2O3S. The molecular weight excluding hydrogens is 288 g/mol. The van der Waals surface area contributed by atoms with Crippen molar-refractivity contribution in [2.24, 2.45) is 5.73 Å². The predicted octanol–water partition coefficient (Wildman–Crippen LogP) is 2.19. The summed E-state index contributed by atoms with van der Waals surface area (Å²) in [6.07, 6.45) is 1.30. The van der Waals surface area contributed by atoms with Crippen LogP contribution in [0.2, 0.25) is 0 Å². The Bertz CT molecular complexity index is 558. The highest BCUT2D eigenvalue weighted by Crippen LogP contribution is 2.24. The van der Waals surface area contributed by atoms with Crippen LogP contribution < -0.4 is 15.2 Å². The van der Waals surface area contributed by atoms with Gasteiger partial charge in [-0.05, 0) is 50.5 Å². The van der Waals surface area contributed by atoms with Gasteiger partial charge in [0.15, 0.2) is 0 Å². The summed E-state index contributed by atoms with van der Waals surface area (Å²) in [6, 6.07) is 4.88. The number of ether oxygens (including phenoxy) is 1. The van der Waals surface area contributed by atoms with E-state index in [9.17, 15) is 8.42 Å². The van der Waals surface area contributed by atoms with Gasteiger partial charge < -0.3 is 10.5 Å². The molecule has 0 heterocycles. The van der Waals surface area contributed by atoms with Crippen molar-refractivity contribution in [3.05, 3.63) is 23.8 Å². The summed E-state index contributed by atoms with van der Waals surface area (Å²) >= 11 is 0. The lowest BCUT2D eigenvalue weighted by Crippen LogP contribution is -2.52.